The molecular formula is C22H18O3. The second kappa shape index (κ2) is 6.10. The SMILES string of the molecule is Cc1cc(OCc2cccc3ccccc23)c2c(C)cc(=O)oc2c1. The third-order valence-corrected chi connectivity index (χ3v) is 4.41. The molecule has 0 atom stereocenters. The van der Waals surface area contributed by atoms with Gasteiger partial charge in [0.1, 0.15) is 17.9 Å². The van der Waals surface area contributed by atoms with Crippen molar-refractivity contribution in [3.8, 4) is 5.75 Å². The van der Waals surface area contributed by atoms with E-state index in [0.717, 1.165) is 27.8 Å². The quantitative estimate of drug-likeness (QED) is 0.488. The first-order chi connectivity index (χ1) is 12.1. The molecule has 0 aliphatic carbocycles. The molecule has 0 aliphatic rings. The summed E-state index contributed by atoms with van der Waals surface area (Å²) >= 11 is 0. The van der Waals surface area contributed by atoms with E-state index in [1.807, 2.05) is 44.2 Å². The van der Waals surface area contributed by atoms with Gasteiger partial charge in [0, 0.05) is 6.07 Å². The van der Waals surface area contributed by atoms with Crippen molar-refractivity contribution in [2.45, 2.75) is 20.5 Å². The molecule has 3 heteroatoms. The fraction of sp³-hybridized carbons (Fsp3) is 0.136. The molecule has 25 heavy (non-hydrogen) atoms. The Morgan fingerprint density at radius 3 is 2.64 bits per heavy atom. The minimum Gasteiger partial charge on any atom is -0.488 e. The van der Waals surface area contributed by atoms with E-state index < -0.39 is 0 Å². The number of hydrogen-bond acceptors (Lipinski definition) is 3. The zero-order valence-corrected chi connectivity index (χ0v) is 14.2. The molecule has 3 nitrogen and oxygen atoms in total. The van der Waals surface area contributed by atoms with Crippen molar-refractivity contribution in [2.24, 2.45) is 0 Å². The van der Waals surface area contributed by atoms with Crippen LogP contribution in [-0.4, -0.2) is 0 Å². The van der Waals surface area contributed by atoms with Crippen molar-refractivity contribution in [1.29, 1.82) is 0 Å². The summed E-state index contributed by atoms with van der Waals surface area (Å²) in [6.45, 7) is 4.32. The van der Waals surface area contributed by atoms with Crippen molar-refractivity contribution in [3.05, 3.63) is 87.8 Å². The summed E-state index contributed by atoms with van der Waals surface area (Å²) in [7, 11) is 0. The smallest absolute Gasteiger partial charge is 0.336 e. The normalized spacial score (nSPS) is 11.1. The predicted octanol–water partition coefficient (Wildman–Crippen LogP) is 5.14. The van der Waals surface area contributed by atoms with Crippen LogP contribution in [0.5, 0.6) is 5.75 Å². The van der Waals surface area contributed by atoms with Gasteiger partial charge in [0.2, 0.25) is 0 Å². The van der Waals surface area contributed by atoms with Gasteiger partial charge in [-0.05, 0) is 53.4 Å². The molecule has 124 valence electrons. The predicted molar refractivity (Wildman–Crippen MR) is 100 cm³/mol. The van der Waals surface area contributed by atoms with Gasteiger partial charge < -0.3 is 9.15 Å². The Labute approximate surface area is 145 Å². The number of ether oxygens (including phenoxy) is 1. The zero-order chi connectivity index (χ0) is 17.4. The van der Waals surface area contributed by atoms with Crippen LogP contribution in [0.1, 0.15) is 16.7 Å². The highest BCUT2D eigenvalue weighted by atomic mass is 16.5. The van der Waals surface area contributed by atoms with Crippen molar-refractivity contribution in [2.75, 3.05) is 0 Å². The summed E-state index contributed by atoms with van der Waals surface area (Å²) in [5.41, 5.74) is 3.21. The largest absolute Gasteiger partial charge is 0.488 e. The first-order valence-corrected chi connectivity index (χ1v) is 8.26. The van der Waals surface area contributed by atoms with Crippen LogP contribution in [0, 0.1) is 13.8 Å². The molecule has 0 fully saturated rings. The Balaban J connectivity index is 1.77. The maximum absolute atomic E-state index is 11.6. The van der Waals surface area contributed by atoms with Gasteiger partial charge in [-0.2, -0.15) is 0 Å². The molecule has 0 unspecified atom stereocenters. The average Bonchev–Trinajstić information content (AvgIpc) is 2.58. The second-order valence-corrected chi connectivity index (χ2v) is 6.31. The highest BCUT2D eigenvalue weighted by Crippen LogP contribution is 2.30. The van der Waals surface area contributed by atoms with Gasteiger partial charge in [0.05, 0.1) is 5.39 Å². The molecule has 4 aromatic rings. The molecule has 0 saturated carbocycles. The highest BCUT2D eigenvalue weighted by Gasteiger charge is 2.11. The van der Waals surface area contributed by atoms with Gasteiger partial charge in [-0.25, -0.2) is 4.79 Å². The molecular weight excluding hydrogens is 312 g/mol. The molecule has 0 amide bonds. The molecule has 0 aliphatic heterocycles. The van der Waals surface area contributed by atoms with Crippen LogP contribution in [0.3, 0.4) is 0 Å². The molecule has 0 saturated heterocycles. The Kier molecular flexibility index (Phi) is 3.77. The van der Waals surface area contributed by atoms with E-state index in [1.165, 1.54) is 16.8 Å². The van der Waals surface area contributed by atoms with E-state index in [-0.39, 0.29) is 5.63 Å². The molecule has 4 rings (SSSR count). The van der Waals surface area contributed by atoms with Crippen molar-refractivity contribution >= 4 is 21.7 Å². The lowest BCUT2D eigenvalue weighted by atomic mass is 10.1. The summed E-state index contributed by atoms with van der Waals surface area (Å²) < 4.78 is 11.5. The maximum Gasteiger partial charge on any atom is 0.336 e. The van der Waals surface area contributed by atoms with Gasteiger partial charge >= 0.3 is 5.63 Å². The lowest BCUT2D eigenvalue weighted by molar-refractivity contribution is 0.311. The van der Waals surface area contributed by atoms with Gasteiger partial charge in [-0.1, -0.05) is 42.5 Å². The lowest BCUT2D eigenvalue weighted by Crippen LogP contribution is -2.02. The summed E-state index contributed by atoms with van der Waals surface area (Å²) in [6, 6.07) is 19.8. The molecule has 1 aromatic heterocycles. The molecule has 0 N–H and O–H groups in total. The van der Waals surface area contributed by atoms with Crippen LogP contribution in [0.4, 0.5) is 0 Å². The second-order valence-electron chi connectivity index (χ2n) is 6.31. The fourth-order valence-electron chi connectivity index (χ4n) is 3.26. The minimum absolute atomic E-state index is 0.337. The number of rotatable bonds is 3. The summed E-state index contributed by atoms with van der Waals surface area (Å²) in [5.74, 6) is 0.740. The minimum atomic E-state index is -0.337. The Morgan fingerprint density at radius 2 is 1.76 bits per heavy atom. The van der Waals surface area contributed by atoms with Crippen molar-refractivity contribution in [3.63, 3.8) is 0 Å². The van der Waals surface area contributed by atoms with E-state index in [1.54, 1.807) is 0 Å². The summed E-state index contributed by atoms with van der Waals surface area (Å²) in [4.78, 5) is 11.6. The van der Waals surface area contributed by atoms with E-state index in [4.69, 9.17) is 9.15 Å². The van der Waals surface area contributed by atoms with Crippen LogP contribution in [0.25, 0.3) is 21.7 Å². The molecule has 0 bridgehead atoms. The van der Waals surface area contributed by atoms with Crippen LogP contribution >= 0.6 is 0 Å². The number of fused-ring (bicyclic) bond motifs is 2. The average molecular weight is 330 g/mol. The first kappa shape index (κ1) is 15.5. The van der Waals surface area contributed by atoms with E-state index in [9.17, 15) is 4.79 Å². The third kappa shape index (κ3) is 2.89. The van der Waals surface area contributed by atoms with E-state index in [0.29, 0.717) is 12.2 Å². The number of hydrogen-bond donors (Lipinski definition) is 0. The summed E-state index contributed by atoms with van der Waals surface area (Å²) in [5, 5.41) is 3.23. The highest BCUT2D eigenvalue weighted by molar-refractivity contribution is 5.88. The van der Waals surface area contributed by atoms with Crippen molar-refractivity contribution < 1.29 is 9.15 Å². The van der Waals surface area contributed by atoms with Crippen LogP contribution in [-0.2, 0) is 6.61 Å². The van der Waals surface area contributed by atoms with Crippen LogP contribution in [0.2, 0.25) is 0 Å². The third-order valence-electron chi connectivity index (χ3n) is 4.41. The standard InChI is InChI=1S/C22H18O3/c1-14-10-19(22-15(2)12-21(23)25-20(22)11-14)24-13-17-8-5-7-16-6-3-4-9-18(16)17/h3-12H,13H2,1-2H3. The number of aryl methyl sites for hydroxylation is 2. The van der Waals surface area contributed by atoms with E-state index >= 15 is 0 Å². The van der Waals surface area contributed by atoms with Crippen molar-refractivity contribution in [1.82, 2.24) is 0 Å². The Morgan fingerprint density at radius 1 is 0.960 bits per heavy atom. The maximum atomic E-state index is 11.6. The fourth-order valence-corrected chi connectivity index (χ4v) is 3.26. The van der Waals surface area contributed by atoms with E-state index in [2.05, 4.69) is 24.3 Å². The lowest BCUT2D eigenvalue weighted by Gasteiger charge is -2.13. The Bertz CT molecular complexity index is 1130. The van der Waals surface area contributed by atoms with Crippen LogP contribution in [0.15, 0.2) is 69.9 Å². The van der Waals surface area contributed by atoms with Gasteiger partial charge in [-0.15, -0.1) is 0 Å². The molecule has 1 heterocycles. The molecule has 0 radical (unpaired) electrons. The topological polar surface area (TPSA) is 39.4 Å². The van der Waals surface area contributed by atoms with Gasteiger partial charge in [0.25, 0.3) is 0 Å². The monoisotopic (exact) mass is 330 g/mol. The number of benzene rings is 3. The Hall–Kier alpha value is -3.07. The zero-order valence-electron chi connectivity index (χ0n) is 14.2. The van der Waals surface area contributed by atoms with Crippen LogP contribution < -0.4 is 10.4 Å². The summed E-state index contributed by atoms with van der Waals surface area (Å²) in [6.07, 6.45) is 0. The molecule has 0 spiro atoms. The molecule has 3 aromatic carbocycles. The van der Waals surface area contributed by atoms with Gasteiger partial charge in [-0.3, -0.25) is 0 Å². The first-order valence-electron chi connectivity index (χ1n) is 8.26. The van der Waals surface area contributed by atoms with Gasteiger partial charge in [0.15, 0.2) is 0 Å².